The van der Waals surface area contributed by atoms with Crippen molar-refractivity contribution in [3.63, 3.8) is 0 Å². The standard InChI is InChI=1S/C35H53O19P3/c1-3-5-7-9-11-12-13-14-15-16-18-20-22-24-29(37)51-27(25-49-28(36)23-21-19-17-10-8-6-4-2)26-50-57(47,48)54-33-30(38)31(39)34(52-55(41,42)43)35(32(33)40)53-56(44,45)46/h27,30-35,38-40H,3,5,7,9,11-16,18,20,22,24-26H2,1-2H3,(H,47,48)(H2,41,42,43)(H2,44,45,46)/t27-,30?,31+,32-,33?,34+,35?/m1/s1. The molecule has 0 aromatic carbocycles. The second kappa shape index (κ2) is 28.0. The van der Waals surface area contributed by atoms with E-state index in [0.717, 1.165) is 32.1 Å². The van der Waals surface area contributed by atoms with Gasteiger partial charge < -0.3 is 49.3 Å². The Morgan fingerprint density at radius 2 is 1.05 bits per heavy atom. The Balaban J connectivity index is 2.91. The molecule has 22 heteroatoms. The van der Waals surface area contributed by atoms with E-state index in [2.05, 4.69) is 57.4 Å². The summed E-state index contributed by atoms with van der Waals surface area (Å²) in [6.45, 7) is 1.99. The molecule has 0 saturated heterocycles. The van der Waals surface area contributed by atoms with Crippen molar-refractivity contribution in [1.82, 2.24) is 0 Å². The summed E-state index contributed by atoms with van der Waals surface area (Å²) in [5.74, 6) is 16.6. The minimum atomic E-state index is -5.61. The summed E-state index contributed by atoms with van der Waals surface area (Å²) in [6.07, 6.45) is -2.80. The zero-order chi connectivity index (χ0) is 42.9. The molecule has 8 atom stereocenters. The third-order valence-corrected chi connectivity index (χ3v) is 10.0. The van der Waals surface area contributed by atoms with E-state index in [-0.39, 0.29) is 6.42 Å². The van der Waals surface area contributed by atoms with E-state index in [9.17, 15) is 53.3 Å². The van der Waals surface area contributed by atoms with Crippen LogP contribution in [0.3, 0.4) is 0 Å². The molecule has 4 unspecified atom stereocenters. The number of aliphatic hydroxyl groups is 3. The lowest BCUT2D eigenvalue weighted by Crippen LogP contribution is -2.65. The molecule has 0 spiro atoms. The van der Waals surface area contributed by atoms with Gasteiger partial charge in [0.15, 0.2) is 6.10 Å². The van der Waals surface area contributed by atoms with Crippen LogP contribution in [-0.4, -0.2) is 108 Å². The Kier molecular flexibility index (Phi) is 25.7. The van der Waals surface area contributed by atoms with Crippen molar-refractivity contribution < 1.29 is 90.6 Å². The van der Waals surface area contributed by atoms with Crippen LogP contribution in [0.1, 0.15) is 104 Å². The van der Waals surface area contributed by atoms with Gasteiger partial charge in [0.25, 0.3) is 0 Å². The number of carbonyl (C=O) groups is 2. The number of hydrogen-bond acceptors (Lipinski definition) is 14. The maximum atomic E-state index is 12.9. The van der Waals surface area contributed by atoms with Gasteiger partial charge in [0.2, 0.25) is 0 Å². The number of esters is 2. The van der Waals surface area contributed by atoms with Crippen LogP contribution >= 0.6 is 23.5 Å². The number of phosphoric acid groups is 3. The number of unbranched alkanes of at least 4 members (excludes halogenated alkanes) is 12. The van der Waals surface area contributed by atoms with Crippen LogP contribution in [0.15, 0.2) is 0 Å². The number of phosphoric ester groups is 3. The average Bonchev–Trinajstić information content (AvgIpc) is 3.12. The number of aliphatic hydroxyl groups excluding tert-OH is 3. The van der Waals surface area contributed by atoms with Crippen LogP contribution in [-0.2, 0) is 50.9 Å². The molecule has 1 rings (SSSR count). The number of rotatable bonds is 26. The van der Waals surface area contributed by atoms with Crippen LogP contribution in [0.2, 0.25) is 0 Å². The molecule has 0 heterocycles. The fraction of sp³-hybridized carbons (Fsp3) is 0.714. The SMILES string of the molecule is CC#CC#CC#CC#CC(=O)OC[C@H](COP(=O)(O)OC1C(O)[C@H](O)[C@H](OP(=O)(O)O)C(OP(=O)(O)O)[C@@H]1O)OC(=O)CCCCCCCCCCCCCCC. The number of carbonyl (C=O) groups excluding carboxylic acids is 2. The molecule has 0 aromatic heterocycles. The summed E-state index contributed by atoms with van der Waals surface area (Å²) in [5, 5.41) is 31.6. The van der Waals surface area contributed by atoms with Crippen molar-refractivity contribution >= 4 is 35.4 Å². The van der Waals surface area contributed by atoms with Crippen LogP contribution in [0.5, 0.6) is 0 Å². The summed E-state index contributed by atoms with van der Waals surface area (Å²) < 4.78 is 64.3. The molecular weight excluding hydrogens is 817 g/mol. The summed E-state index contributed by atoms with van der Waals surface area (Å²) >= 11 is 0. The van der Waals surface area contributed by atoms with Gasteiger partial charge in [0, 0.05) is 12.3 Å². The van der Waals surface area contributed by atoms with E-state index in [1.807, 2.05) is 5.92 Å². The molecule has 0 amide bonds. The highest BCUT2D eigenvalue weighted by atomic mass is 31.2. The van der Waals surface area contributed by atoms with Crippen molar-refractivity contribution in [3.8, 4) is 47.4 Å². The first kappa shape index (κ1) is 52.4. The minimum Gasteiger partial charge on any atom is -0.456 e. The molecular formula is C35H53O19P3. The Labute approximate surface area is 332 Å². The molecule has 57 heavy (non-hydrogen) atoms. The summed E-state index contributed by atoms with van der Waals surface area (Å²) in [7, 11) is -16.7. The monoisotopic (exact) mass is 870 g/mol. The van der Waals surface area contributed by atoms with Gasteiger partial charge in [-0.25, -0.2) is 18.5 Å². The van der Waals surface area contributed by atoms with Gasteiger partial charge in [-0.15, -0.1) is 0 Å². The molecule has 1 aliphatic carbocycles. The van der Waals surface area contributed by atoms with E-state index in [1.165, 1.54) is 44.9 Å². The van der Waals surface area contributed by atoms with Crippen LogP contribution in [0.25, 0.3) is 0 Å². The molecule has 0 aliphatic heterocycles. The highest BCUT2D eigenvalue weighted by Crippen LogP contribution is 2.51. The Morgan fingerprint density at radius 1 is 0.596 bits per heavy atom. The lowest BCUT2D eigenvalue weighted by molar-refractivity contribution is -0.213. The highest BCUT2D eigenvalue weighted by molar-refractivity contribution is 7.47. The Bertz CT molecular complexity index is 1650. The van der Waals surface area contributed by atoms with E-state index < -0.39 is 91.3 Å². The number of ether oxygens (including phenoxy) is 2. The average molecular weight is 871 g/mol. The van der Waals surface area contributed by atoms with Gasteiger partial charge in [-0.3, -0.25) is 22.9 Å². The van der Waals surface area contributed by atoms with Gasteiger partial charge in [0.05, 0.1) is 6.61 Å². The fourth-order valence-corrected chi connectivity index (χ4v) is 7.43. The molecule has 0 bridgehead atoms. The zero-order valence-corrected chi connectivity index (χ0v) is 34.4. The smallest absolute Gasteiger partial charge is 0.456 e. The van der Waals surface area contributed by atoms with E-state index in [0.29, 0.717) is 6.42 Å². The Morgan fingerprint density at radius 3 is 1.56 bits per heavy atom. The van der Waals surface area contributed by atoms with Crippen molar-refractivity contribution in [3.05, 3.63) is 0 Å². The van der Waals surface area contributed by atoms with Crippen LogP contribution in [0, 0.1) is 47.4 Å². The highest BCUT2D eigenvalue weighted by Gasteiger charge is 2.56. The summed E-state index contributed by atoms with van der Waals surface area (Å²) in [5.41, 5.74) is 0. The lowest BCUT2D eigenvalue weighted by atomic mass is 9.85. The van der Waals surface area contributed by atoms with Gasteiger partial charge in [0.1, 0.15) is 43.2 Å². The van der Waals surface area contributed by atoms with Crippen LogP contribution in [0.4, 0.5) is 0 Å². The van der Waals surface area contributed by atoms with Gasteiger partial charge in [-0.2, -0.15) is 0 Å². The third-order valence-electron chi connectivity index (χ3n) is 8.00. The largest absolute Gasteiger partial charge is 0.472 e. The topological polar surface area (TPSA) is 303 Å². The predicted molar refractivity (Wildman–Crippen MR) is 200 cm³/mol. The molecule has 1 aliphatic rings. The van der Waals surface area contributed by atoms with E-state index >= 15 is 0 Å². The first-order valence-electron chi connectivity index (χ1n) is 18.3. The normalized spacial score (nSPS) is 22.1. The van der Waals surface area contributed by atoms with Crippen molar-refractivity contribution in [2.24, 2.45) is 0 Å². The zero-order valence-electron chi connectivity index (χ0n) is 31.8. The molecule has 0 aromatic rings. The second-order valence-corrected chi connectivity index (χ2v) is 16.5. The molecule has 322 valence electrons. The maximum absolute atomic E-state index is 12.9. The van der Waals surface area contributed by atoms with Crippen molar-refractivity contribution in [1.29, 1.82) is 0 Å². The van der Waals surface area contributed by atoms with Gasteiger partial charge in [-0.1, -0.05) is 89.9 Å². The first-order chi connectivity index (χ1) is 26.8. The first-order valence-corrected chi connectivity index (χ1v) is 22.8. The molecule has 19 nitrogen and oxygen atoms in total. The van der Waals surface area contributed by atoms with E-state index in [4.69, 9.17) is 28.3 Å². The summed E-state index contributed by atoms with van der Waals surface area (Å²) in [6, 6.07) is 0. The van der Waals surface area contributed by atoms with Gasteiger partial charge in [-0.05, 0) is 48.9 Å². The third kappa shape index (κ3) is 24.8. The fourth-order valence-electron chi connectivity index (χ4n) is 5.34. The molecule has 8 N–H and O–H groups in total. The quantitative estimate of drug-likeness (QED) is 0.0204. The van der Waals surface area contributed by atoms with Crippen molar-refractivity contribution in [2.75, 3.05) is 13.2 Å². The number of hydrogen-bond donors (Lipinski definition) is 8. The van der Waals surface area contributed by atoms with Crippen molar-refractivity contribution in [2.45, 2.75) is 146 Å². The maximum Gasteiger partial charge on any atom is 0.472 e. The summed E-state index contributed by atoms with van der Waals surface area (Å²) in [4.78, 5) is 72.1. The van der Waals surface area contributed by atoms with E-state index in [1.54, 1.807) is 6.92 Å². The Hall–Kier alpha value is -2.61. The molecule has 0 radical (unpaired) electrons. The van der Waals surface area contributed by atoms with Gasteiger partial charge >= 0.3 is 35.4 Å². The predicted octanol–water partition coefficient (Wildman–Crippen LogP) is 2.51. The lowest BCUT2D eigenvalue weighted by Gasteiger charge is -2.44. The molecule has 1 fully saturated rings. The minimum absolute atomic E-state index is 0.0640. The second-order valence-electron chi connectivity index (χ2n) is 12.8. The van der Waals surface area contributed by atoms with Crippen LogP contribution < -0.4 is 0 Å². The molecule has 1 saturated carbocycles.